The van der Waals surface area contributed by atoms with Gasteiger partial charge in [-0.3, -0.25) is 4.79 Å². The second-order valence-corrected chi connectivity index (χ2v) is 5.98. The Morgan fingerprint density at radius 3 is 1.92 bits per heavy atom. The van der Waals surface area contributed by atoms with Crippen molar-refractivity contribution >= 4 is 17.6 Å². The summed E-state index contributed by atoms with van der Waals surface area (Å²) in [5, 5.41) is 14.1. The minimum atomic E-state index is -1.26. The first-order valence-corrected chi connectivity index (χ1v) is 8.23. The number of nitrogens with one attached hydrogen (secondary N) is 1. The van der Waals surface area contributed by atoms with Gasteiger partial charge in [0.15, 0.2) is 0 Å². The highest BCUT2D eigenvalue weighted by atomic mass is 16.5. The first kappa shape index (κ1) is 19.3. The smallest absolute Gasteiger partial charge is 0.228 e. The van der Waals surface area contributed by atoms with E-state index in [0.29, 0.717) is 17.2 Å². The number of benzene rings is 2. The average Bonchev–Trinajstić information content (AvgIpc) is 2.66. The predicted molar refractivity (Wildman–Crippen MR) is 96.0 cm³/mol. The van der Waals surface area contributed by atoms with E-state index in [1.165, 1.54) is 6.92 Å². The van der Waals surface area contributed by atoms with Crippen LogP contribution in [0.15, 0.2) is 48.5 Å². The van der Waals surface area contributed by atoms with Gasteiger partial charge in [0, 0.05) is 17.6 Å². The van der Waals surface area contributed by atoms with E-state index in [1.807, 2.05) is 12.1 Å². The molecular weight excluding hydrogens is 334 g/mol. The van der Waals surface area contributed by atoms with E-state index in [9.17, 15) is 14.7 Å². The SMILES string of the molecule is COc1ccc(C[C@@H](C(=O)Nc2ccc(OC)cc2)[C@H](C)C(=O)[O-])cc1. The van der Waals surface area contributed by atoms with Gasteiger partial charge in [0.25, 0.3) is 0 Å². The summed E-state index contributed by atoms with van der Waals surface area (Å²) in [5.74, 6) is -1.97. The van der Waals surface area contributed by atoms with E-state index in [2.05, 4.69) is 5.32 Å². The molecule has 0 spiro atoms. The lowest BCUT2D eigenvalue weighted by molar-refractivity contribution is -0.312. The van der Waals surface area contributed by atoms with Crippen molar-refractivity contribution < 1.29 is 24.2 Å². The van der Waals surface area contributed by atoms with Crippen LogP contribution in [0.4, 0.5) is 5.69 Å². The fraction of sp³-hybridized carbons (Fsp3) is 0.300. The quantitative estimate of drug-likeness (QED) is 0.780. The minimum absolute atomic E-state index is 0.279. The van der Waals surface area contributed by atoms with Crippen LogP contribution in [0.5, 0.6) is 11.5 Å². The number of ether oxygens (including phenoxy) is 2. The van der Waals surface area contributed by atoms with Crippen LogP contribution in [-0.4, -0.2) is 26.1 Å². The zero-order chi connectivity index (χ0) is 19.1. The van der Waals surface area contributed by atoms with E-state index in [0.717, 1.165) is 5.56 Å². The third-order valence-electron chi connectivity index (χ3n) is 4.28. The average molecular weight is 356 g/mol. The van der Waals surface area contributed by atoms with Crippen molar-refractivity contribution in [2.45, 2.75) is 13.3 Å². The summed E-state index contributed by atoms with van der Waals surface area (Å²) in [6, 6.07) is 14.0. The van der Waals surface area contributed by atoms with Gasteiger partial charge in [-0.1, -0.05) is 19.1 Å². The second-order valence-electron chi connectivity index (χ2n) is 5.98. The minimum Gasteiger partial charge on any atom is -0.550 e. The van der Waals surface area contributed by atoms with Crippen LogP contribution in [0, 0.1) is 11.8 Å². The Morgan fingerprint density at radius 1 is 0.962 bits per heavy atom. The Kier molecular flexibility index (Phi) is 6.60. The van der Waals surface area contributed by atoms with Crippen LogP contribution in [-0.2, 0) is 16.0 Å². The van der Waals surface area contributed by atoms with Crippen molar-refractivity contribution in [2.24, 2.45) is 11.8 Å². The highest BCUT2D eigenvalue weighted by molar-refractivity contribution is 5.95. The Balaban J connectivity index is 2.16. The van der Waals surface area contributed by atoms with Crippen LogP contribution >= 0.6 is 0 Å². The summed E-state index contributed by atoms with van der Waals surface area (Å²) in [5.41, 5.74) is 1.41. The first-order chi connectivity index (χ1) is 12.4. The number of aliphatic carboxylic acids is 1. The number of carboxylic acids is 1. The number of carbonyl (C=O) groups is 2. The number of methoxy groups -OCH3 is 2. The van der Waals surface area contributed by atoms with Gasteiger partial charge in [-0.25, -0.2) is 0 Å². The molecule has 0 saturated heterocycles. The molecule has 1 amide bonds. The predicted octanol–water partition coefficient (Wildman–Crippen LogP) is 1.89. The molecule has 0 saturated carbocycles. The standard InChI is InChI=1S/C20H23NO5/c1-13(20(23)24)18(12-14-4-8-16(25-2)9-5-14)19(22)21-15-6-10-17(26-3)11-7-15/h4-11,13,18H,12H2,1-3H3,(H,21,22)(H,23,24)/p-1/t13-,18+/m0/s1. The van der Waals surface area contributed by atoms with Crippen LogP contribution in [0.1, 0.15) is 12.5 Å². The maximum Gasteiger partial charge on any atom is 0.228 e. The van der Waals surface area contributed by atoms with Crippen molar-refractivity contribution in [1.29, 1.82) is 0 Å². The van der Waals surface area contributed by atoms with Gasteiger partial charge in [0.1, 0.15) is 11.5 Å². The lowest BCUT2D eigenvalue weighted by Gasteiger charge is -2.24. The summed E-state index contributed by atoms with van der Waals surface area (Å²) in [6.07, 6.45) is 0.279. The van der Waals surface area contributed by atoms with Gasteiger partial charge in [-0.2, -0.15) is 0 Å². The third kappa shape index (κ3) is 4.99. The fourth-order valence-corrected chi connectivity index (χ4v) is 2.59. The number of carboxylic acid groups (broad SMARTS) is 1. The molecule has 2 aromatic carbocycles. The van der Waals surface area contributed by atoms with Crippen LogP contribution in [0.25, 0.3) is 0 Å². The second kappa shape index (κ2) is 8.89. The van der Waals surface area contributed by atoms with Crippen molar-refractivity contribution in [3.05, 3.63) is 54.1 Å². The van der Waals surface area contributed by atoms with E-state index < -0.39 is 17.8 Å². The molecule has 26 heavy (non-hydrogen) atoms. The van der Waals surface area contributed by atoms with Crippen molar-refractivity contribution in [3.63, 3.8) is 0 Å². The molecule has 0 aliphatic heterocycles. The molecule has 0 heterocycles. The van der Waals surface area contributed by atoms with E-state index in [4.69, 9.17) is 9.47 Å². The number of anilines is 1. The van der Waals surface area contributed by atoms with E-state index >= 15 is 0 Å². The van der Waals surface area contributed by atoms with Crippen molar-refractivity contribution in [3.8, 4) is 11.5 Å². The maximum atomic E-state index is 12.7. The van der Waals surface area contributed by atoms with Gasteiger partial charge < -0.3 is 24.7 Å². The number of carbonyl (C=O) groups excluding carboxylic acids is 2. The molecule has 6 nitrogen and oxygen atoms in total. The summed E-state index contributed by atoms with van der Waals surface area (Å²) < 4.78 is 10.2. The molecule has 0 aliphatic rings. The van der Waals surface area contributed by atoms with Crippen molar-refractivity contribution in [2.75, 3.05) is 19.5 Å². The van der Waals surface area contributed by atoms with Gasteiger partial charge in [0.05, 0.1) is 20.1 Å². The molecule has 0 aromatic heterocycles. The molecule has 0 bridgehead atoms. The van der Waals surface area contributed by atoms with Crippen LogP contribution < -0.4 is 19.9 Å². The Morgan fingerprint density at radius 2 is 1.46 bits per heavy atom. The molecule has 6 heteroatoms. The lowest BCUT2D eigenvalue weighted by atomic mass is 9.87. The monoisotopic (exact) mass is 356 g/mol. The van der Waals surface area contributed by atoms with Gasteiger partial charge in [0.2, 0.25) is 5.91 Å². The number of amides is 1. The van der Waals surface area contributed by atoms with Crippen LogP contribution in [0.2, 0.25) is 0 Å². The van der Waals surface area contributed by atoms with E-state index in [1.54, 1.807) is 50.6 Å². The topological polar surface area (TPSA) is 87.7 Å². The maximum absolute atomic E-state index is 12.7. The molecule has 0 aliphatic carbocycles. The molecule has 2 rings (SSSR count). The van der Waals surface area contributed by atoms with Crippen molar-refractivity contribution in [1.82, 2.24) is 0 Å². The highest BCUT2D eigenvalue weighted by Gasteiger charge is 2.26. The number of hydrogen-bond acceptors (Lipinski definition) is 5. The zero-order valence-electron chi connectivity index (χ0n) is 15.0. The number of hydrogen-bond donors (Lipinski definition) is 1. The first-order valence-electron chi connectivity index (χ1n) is 8.23. The zero-order valence-corrected chi connectivity index (χ0v) is 15.0. The molecule has 1 N–H and O–H groups in total. The number of rotatable bonds is 8. The third-order valence-corrected chi connectivity index (χ3v) is 4.28. The molecule has 2 atom stereocenters. The summed E-state index contributed by atoms with van der Waals surface area (Å²) in [4.78, 5) is 24.0. The lowest BCUT2D eigenvalue weighted by Crippen LogP contribution is -2.40. The summed E-state index contributed by atoms with van der Waals surface area (Å²) in [6.45, 7) is 1.48. The van der Waals surface area contributed by atoms with Crippen LogP contribution in [0.3, 0.4) is 0 Å². The molecule has 0 unspecified atom stereocenters. The summed E-state index contributed by atoms with van der Waals surface area (Å²) >= 11 is 0. The normalized spacial score (nSPS) is 12.7. The Hall–Kier alpha value is -3.02. The largest absolute Gasteiger partial charge is 0.550 e. The highest BCUT2D eigenvalue weighted by Crippen LogP contribution is 2.22. The molecule has 0 radical (unpaired) electrons. The molecular formula is C20H22NO5-. The van der Waals surface area contributed by atoms with Gasteiger partial charge >= 0.3 is 0 Å². The molecule has 0 fully saturated rings. The molecule has 2 aromatic rings. The van der Waals surface area contributed by atoms with E-state index in [-0.39, 0.29) is 12.3 Å². The Labute approximate surface area is 152 Å². The summed E-state index contributed by atoms with van der Waals surface area (Å²) in [7, 11) is 3.12. The fourth-order valence-electron chi connectivity index (χ4n) is 2.59. The molecule has 138 valence electrons. The Bertz CT molecular complexity index is 740. The van der Waals surface area contributed by atoms with Gasteiger partial charge in [-0.15, -0.1) is 0 Å². The van der Waals surface area contributed by atoms with Gasteiger partial charge in [-0.05, 0) is 48.4 Å².